The summed E-state index contributed by atoms with van der Waals surface area (Å²) < 4.78 is 0. The third kappa shape index (κ3) is 1.91. The van der Waals surface area contributed by atoms with Crippen LogP contribution in [0, 0.1) is 0 Å². The van der Waals surface area contributed by atoms with Crippen LogP contribution in [0.25, 0.3) is 0 Å². The van der Waals surface area contributed by atoms with Crippen LogP contribution in [0.2, 0.25) is 0 Å². The highest BCUT2D eigenvalue weighted by Crippen LogP contribution is 2.09. The van der Waals surface area contributed by atoms with Crippen molar-refractivity contribution in [2.24, 2.45) is 5.73 Å². The molecule has 1 rings (SSSR count). The van der Waals surface area contributed by atoms with E-state index in [1.165, 1.54) is 12.1 Å². The van der Waals surface area contributed by atoms with E-state index in [0.717, 1.165) is 0 Å². The summed E-state index contributed by atoms with van der Waals surface area (Å²) in [7, 11) is 0. The second kappa shape index (κ2) is 3.82. The SMILES string of the molecule is NC(=O)c1cc(CO)ccc1C=O. The second-order valence-electron chi connectivity index (χ2n) is 2.56. The fraction of sp³-hybridized carbons (Fsp3) is 0.111. The lowest BCUT2D eigenvalue weighted by Gasteiger charge is -2.02. The Morgan fingerprint density at radius 1 is 1.54 bits per heavy atom. The molecule has 3 N–H and O–H groups in total. The lowest BCUT2D eigenvalue weighted by molar-refractivity contribution is 0.0993. The van der Waals surface area contributed by atoms with E-state index >= 15 is 0 Å². The Morgan fingerprint density at radius 3 is 2.69 bits per heavy atom. The zero-order chi connectivity index (χ0) is 9.84. The monoisotopic (exact) mass is 179 g/mol. The molecule has 0 spiro atoms. The molecule has 0 aromatic heterocycles. The van der Waals surface area contributed by atoms with Crippen molar-refractivity contribution in [3.05, 3.63) is 34.9 Å². The van der Waals surface area contributed by atoms with Crippen molar-refractivity contribution in [3.63, 3.8) is 0 Å². The van der Waals surface area contributed by atoms with Gasteiger partial charge >= 0.3 is 0 Å². The maximum atomic E-state index is 10.8. The first kappa shape index (κ1) is 9.41. The van der Waals surface area contributed by atoms with Crippen LogP contribution in [0.1, 0.15) is 26.3 Å². The average molecular weight is 179 g/mol. The van der Waals surface area contributed by atoms with Crippen molar-refractivity contribution in [2.75, 3.05) is 0 Å². The molecular weight excluding hydrogens is 170 g/mol. The van der Waals surface area contributed by atoms with E-state index in [1.807, 2.05) is 0 Å². The maximum Gasteiger partial charge on any atom is 0.249 e. The van der Waals surface area contributed by atoms with Crippen molar-refractivity contribution in [1.82, 2.24) is 0 Å². The molecule has 4 heteroatoms. The van der Waals surface area contributed by atoms with Gasteiger partial charge in [0, 0.05) is 11.1 Å². The highest BCUT2D eigenvalue weighted by atomic mass is 16.3. The van der Waals surface area contributed by atoms with Gasteiger partial charge in [0.05, 0.1) is 6.61 Å². The minimum absolute atomic E-state index is 0.140. The number of nitrogens with two attached hydrogens (primary N) is 1. The molecular formula is C9H9NO3. The Bertz CT molecular complexity index is 347. The predicted molar refractivity (Wildman–Crippen MR) is 46.3 cm³/mol. The lowest BCUT2D eigenvalue weighted by atomic mass is 10.0. The fourth-order valence-corrected chi connectivity index (χ4v) is 1.02. The van der Waals surface area contributed by atoms with Gasteiger partial charge in [0.2, 0.25) is 5.91 Å². The largest absolute Gasteiger partial charge is 0.392 e. The van der Waals surface area contributed by atoms with Gasteiger partial charge in [-0.25, -0.2) is 0 Å². The minimum Gasteiger partial charge on any atom is -0.392 e. The van der Waals surface area contributed by atoms with E-state index in [-0.39, 0.29) is 17.7 Å². The molecule has 1 aromatic carbocycles. The standard InChI is InChI=1S/C9H9NO3/c10-9(13)8-3-6(4-11)1-2-7(8)5-12/h1-3,5,11H,4H2,(H2,10,13). The van der Waals surface area contributed by atoms with Crippen LogP contribution in [0.3, 0.4) is 0 Å². The molecule has 0 heterocycles. The Kier molecular flexibility index (Phi) is 2.76. The average Bonchev–Trinajstić information content (AvgIpc) is 2.16. The van der Waals surface area contributed by atoms with Crippen LogP contribution in [0.5, 0.6) is 0 Å². The topological polar surface area (TPSA) is 80.4 Å². The summed E-state index contributed by atoms with van der Waals surface area (Å²) in [5.74, 6) is -0.669. The molecule has 1 aromatic rings. The number of amides is 1. The Morgan fingerprint density at radius 2 is 2.23 bits per heavy atom. The van der Waals surface area contributed by atoms with E-state index in [9.17, 15) is 9.59 Å². The molecule has 0 unspecified atom stereocenters. The molecule has 0 saturated carbocycles. The smallest absolute Gasteiger partial charge is 0.249 e. The van der Waals surface area contributed by atoms with E-state index in [1.54, 1.807) is 6.07 Å². The summed E-state index contributed by atoms with van der Waals surface area (Å²) in [5.41, 5.74) is 5.97. The Hall–Kier alpha value is -1.68. The molecule has 4 nitrogen and oxygen atoms in total. The third-order valence-corrected chi connectivity index (χ3v) is 1.69. The first-order valence-corrected chi connectivity index (χ1v) is 3.67. The molecule has 68 valence electrons. The van der Waals surface area contributed by atoms with Gasteiger partial charge in [-0.2, -0.15) is 0 Å². The lowest BCUT2D eigenvalue weighted by Crippen LogP contribution is -2.14. The van der Waals surface area contributed by atoms with Crippen LogP contribution in [-0.4, -0.2) is 17.3 Å². The normalized spacial score (nSPS) is 9.62. The molecule has 0 saturated heterocycles. The van der Waals surface area contributed by atoms with Gasteiger partial charge < -0.3 is 10.8 Å². The van der Waals surface area contributed by atoms with Crippen molar-refractivity contribution in [2.45, 2.75) is 6.61 Å². The predicted octanol–water partition coefficient (Wildman–Crippen LogP) is 0.0903. The summed E-state index contributed by atoms with van der Waals surface area (Å²) in [6.45, 7) is -0.181. The summed E-state index contributed by atoms with van der Waals surface area (Å²) in [5, 5.41) is 8.77. The van der Waals surface area contributed by atoms with Crippen molar-refractivity contribution in [3.8, 4) is 0 Å². The van der Waals surface area contributed by atoms with Crippen LogP contribution in [0.4, 0.5) is 0 Å². The van der Waals surface area contributed by atoms with E-state index in [0.29, 0.717) is 11.8 Å². The Labute approximate surface area is 75.0 Å². The first-order valence-electron chi connectivity index (χ1n) is 3.67. The number of primary amides is 1. The van der Waals surface area contributed by atoms with Crippen LogP contribution >= 0.6 is 0 Å². The van der Waals surface area contributed by atoms with Crippen molar-refractivity contribution >= 4 is 12.2 Å². The molecule has 0 atom stereocenters. The number of hydrogen-bond acceptors (Lipinski definition) is 3. The molecule has 0 aliphatic heterocycles. The molecule has 0 aliphatic rings. The Balaban J connectivity index is 3.25. The number of benzene rings is 1. The van der Waals surface area contributed by atoms with Crippen molar-refractivity contribution in [1.29, 1.82) is 0 Å². The summed E-state index contributed by atoms with van der Waals surface area (Å²) >= 11 is 0. The van der Waals surface area contributed by atoms with Gasteiger partial charge in [0.25, 0.3) is 0 Å². The number of aliphatic hydroxyl groups is 1. The van der Waals surface area contributed by atoms with Gasteiger partial charge in [-0.05, 0) is 11.6 Å². The van der Waals surface area contributed by atoms with Crippen LogP contribution in [0.15, 0.2) is 18.2 Å². The van der Waals surface area contributed by atoms with Crippen LogP contribution in [-0.2, 0) is 6.61 Å². The number of carbonyl (C=O) groups is 2. The highest BCUT2D eigenvalue weighted by Gasteiger charge is 2.07. The highest BCUT2D eigenvalue weighted by molar-refractivity contribution is 6.00. The number of aldehydes is 1. The molecule has 0 bridgehead atoms. The quantitative estimate of drug-likeness (QED) is 0.645. The van der Waals surface area contributed by atoms with Gasteiger partial charge in [0.1, 0.15) is 0 Å². The maximum absolute atomic E-state index is 10.8. The van der Waals surface area contributed by atoms with E-state index < -0.39 is 5.91 Å². The number of aliphatic hydroxyl groups excluding tert-OH is 1. The summed E-state index contributed by atoms with van der Waals surface area (Å²) in [6.07, 6.45) is 0.557. The summed E-state index contributed by atoms with van der Waals surface area (Å²) in [4.78, 5) is 21.3. The molecule has 0 radical (unpaired) electrons. The number of carbonyl (C=O) groups excluding carboxylic acids is 2. The van der Waals surface area contributed by atoms with Crippen molar-refractivity contribution < 1.29 is 14.7 Å². The zero-order valence-corrected chi connectivity index (χ0v) is 6.86. The zero-order valence-electron chi connectivity index (χ0n) is 6.86. The third-order valence-electron chi connectivity index (χ3n) is 1.69. The van der Waals surface area contributed by atoms with Gasteiger partial charge in [-0.15, -0.1) is 0 Å². The number of rotatable bonds is 3. The molecule has 13 heavy (non-hydrogen) atoms. The molecule has 0 fully saturated rings. The van der Waals surface area contributed by atoms with Gasteiger partial charge in [-0.1, -0.05) is 12.1 Å². The molecule has 0 aliphatic carbocycles. The van der Waals surface area contributed by atoms with E-state index in [2.05, 4.69) is 0 Å². The summed E-state index contributed by atoms with van der Waals surface area (Å²) in [6, 6.07) is 4.43. The first-order chi connectivity index (χ1) is 6.19. The number of hydrogen-bond donors (Lipinski definition) is 2. The second-order valence-corrected chi connectivity index (χ2v) is 2.56. The fourth-order valence-electron chi connectivity index (χ4n) is 1.02. The van der Waals surface area contributed by atoms with Crippen LogP contribution < -0.4 is 5.73 Å². The van der Waals surface area contributed by atoms with Gasteiger partial charge in [0.15, 0.2) is 6.29 Å². The van der Waals surface area contributed by atoms with E-state index in [4.69, 9.17) is 10.8 Å². The minimum atomic E-state index is -0.669. The van der Waals surface area contributed by atoms with Gasteiger partial charge in [-0.3, -0.25) is 9.59 Å². The molecule has 1 amide bonds.